The maximum Gasteiger partial charge on any atom is 0.215 e. The highest BCUT2D eigenvalue weighted by atomic mass is 35.5. The largest absolute Gasteiger partial charge is 0.329 e. The van der Waals surface area contributed by atoms with Crippen LogP contribution in [0, 0.1) is 0 Å². The predicted molar refractivity (Wildman–Crippen MR) is 68.4 cm³/mol. The molecule has 1 aromatic carbocycles. The molecule has 0 saturated heterocycles. The van der Waals surface area contributed by atoms with E-state index in [-0.39, 0.29) is 31.2 Å². The zero-order valence-corrected chi connectivity index (χ0v) is 10.9. The summed E-state index contributed by atoms with van der Waals surface area (Å²) < 4.78 is 25.3. The summed E-state index contributed by atoms with van der Waals surface area (Å²) in [5.41, 5.74) is 5.79. The van der Waals surface area contributed by atoms with Gasteiger partial charge in [0.25, 0.3) is 0 Å². The topological polar surface area (TPSA) is 72.2 Å². The van der Waals surface area contributed by atoms with Crippen molar-refractivity contribution in [1.82, 2.24) is 4.72 Å². The van der Waals surface area contributed by atoms with E-state index in [1.807, 2.05) is 0 Å². The molecule has 0 aliphatic rings. The molecule has 0 fully saturated rings. The van der Waals surface area contributed by atoms with Crippen molar-refractivity contribution in [3.05, 3.63) is 34.9 Å². The number of nitrogens with one attached hydrogen (secondary N) is 1. The summed E-state index contributed by atoms with van der Waals surface area (Å²) in [7, 11) is -3.33. The van der Waals surface area contributed by atoms with E-state index in [0.717, 1.165) is 0 Å². The molecule has 4 nitrogen and oxygen atoms in total. The summed E-state index contributed by atoms with van der Waals surface area (Å²) in [5.74, 6) is -0.118. The first-order chi connectivity index (χ1) is 7.05. The maximum absolute atomic E-state index is 11.5. The van der Waals surface area contributed by atoms with Gasteiger partial charge in [0.1, 0.15) is 0 Å². The van der Waals surface area contributed by atoms with Gasteiger partial charge in [-0.05, 0) is 11.6 Å². The summed E-state index contributed by atoms with van der Waals surface area (Å²) >= 11 is 5.85. The number of nitrogens with two attached hydrogens (primary N) is 1. The van der Waals surface area contributed by atoms with Crippen molar-refractivity contribution >= 4 is 34.0 Å². The van der Waals surface area contributed by atoms with Gasteiger partial charge in [0.15, 0.2) is 0 Å². The molecule has 92 valence electrons. The number of hydrogen-bond acceptors (Lipinski definition) is 3. The van der Waals surface area contributed by atoms with Crippen molar-refractivity contribution in [3.63, 3.8) is 0 Å². The lowest BCUT2D eigenvalue weighted by Gasteiger charge is -2.06. The molecule has 1 rings (SSSR count). The third-order valence-electron chi connectivity index (χ3n) is 1.77. The monoisotopic (exact) mass is 284 g/mol. The Morgan fingerprint density at radius 2 is 1.94 bits per heavy atom. The average molecular weight is 285 g/mol. The van der Waals surface area contributed by atoms with Crippen molar-refractivity contribution in [2.75, 3.05) is 13.1 Å². The summed E-state index contributed by atoms with van der Waals surface area (Å²) in [4.78, 5) is 0. The van der Waals surface area contributed by atoms with E-state index < -0.39 is 10.0 Å². The van der Waals surface area contributed by atoms with E-state index >= 15 is 0 Å². The van der Waals surface area contributed by atoms with Crippen LogP contribution in [0.2, 0.25) is 5.02 Å². The van der Waals surface area contributed by atoms with Crippen molar-refractivity contribution in [2.45, 2.75) is 5.75 Å². The van der Waals surface area contributed by atoms with Gasteiger partial charge in [-0.3, -0.25) is 0 Å². The van der Waals surface area contributed by atoms with Crippen molar-refractivity contribution < 1.29 is 8.42 Å². The number of sulfonamides is 1. The molecule has 1 aromatic rings. The van der Waals surface area contributed by atoms with E-state index in [1.165, 1.54) is 0 Å². The smallest absolute Gasteiger partial charge is 0.215 e. The maximum atomic E-state index is 11.5. The lowest BCUT2D eigenvalue weighted by molar-refractivity contribution is 0.581. The zero-order chi connectivity index (χ0) is 11.3. The molecular weight excluding hydrogens is 271 g/mol. The van der Waals surface area contributed by atoms with E-state index in [1.54, 1.807) is 24.3 Å². The lowest BCUT2D eigenvalue weighted by atomic mass is 10.2. The summed E-state index contributed by atoms with van der Waals surface area (Å²) in [5, 5.41) is 0.454. The molecule has 0 amide bonds. The Labute approximate surface area is 107 Å². The highest BCUT2D eigenvalue weighted by molar-refractivity contribution is 7.88. The first-order valence-electron chi connectivity index (χ1n) is 4.46. The van der Waals surface area contributed by atoms with Crippen molar-refractivity contribution in [1.29, 1.82) is 0 Å². The third kappa shape index (κ3) is 5.14. The predicted octanol–water partition coefficient (Wildman–Crippen LogP) is 1.14. The quantitative estimate of drug-likeness (QED) is 0.852. The molecule has 0 aliphatic heterocycles. The fraction of sp³-hybridized carbons (Fsp3) is 0.333. The van der Waals surface area contributed by atoms with Gasteiger partial charge in [0.05, 0.1) is 5.75 Å². The molecular formula is C9H14Cl2N2O2S. The second-order valence-electron chi connectivity index (χ2n) is 3.03. The second-order valence-corrected chi connectivity index (χ2v) is 5.25. The first-order valence-corrected chi connectivity index (χ1v) is 6.49. The van der Waals surface area contributed by atoms with Crippen LogP contribution in [-0.4, -0.2) is 21.5 Å². The molecule has 0 radical (unpaired) electrons. The Bertz CT molecular complexity index is 423. The van der Waals surface area contributed by atoms with E-state index in [2.05, 4.69) is 4.72 Å². The zero-order valence-electron chi connectivity index (χ0n) is 8.52. The molecule has 0 atom stereocenters. The molecule has 0 aliphatic carbocycles. The summed E-state index contributed by atoms with van der Waals surface area (Å²) in [6.07, 6.45) is 0. The Hall–Kier alpha value is -0.330. The molecule has 0 spiro atoms. The highest BCUT2D eigenvalue weighted by Gasteiger charge is 2.12. The van der Waals surface area contributed by atoms with Crippen LogP contribution in [0.5, 0.6) is 0 Å². The fourth-order valence-electron chi connectivity index (χ4n) is 1.09. The van der Waals surface area contributed by atoms with Gasteiger partial charge < -0.3 is 5.73 Å². The molecule has 0 bridgehead atoms. The van der Waals surface area contributed by atoms with Crippen molar-refractivity contribution in [3.8, 4) is 0 Å². The molecule has 0 heterocycles. The van der Waals surface area contributed by atoms with Crippen LogP contribution in [0.4, 0.5) is 0 Å². The lowest BCUT2D eigenvalue weighted by Crippen LogP contribution is -2.30. The van der Waals surface area contributed by atoms with Crippen molar-refractivity contribution in [2.24, 2.45) is 5.73 Å². The van der Waals surface area contributed by atoms with Crippen LogP contribution in [0.25, 0.3) is 0 Å². The van der Waals surface area contributed by atoms with E-state index in [4.69, 9.17) is 17.3 Å². The number of halogens is 2. The standard InChI is InChI=1S/C9H13ClN2O2S.ClH/c10-9-4-2-1-3-8(9)7-15(13,14)12-6-5-11;/h1-4,12H,5-7,11H2;1H. The molecule has 0 unspecified atom stereocenters. The Balaban J connectivity index is 0.00000225. The van der Waals surface area contributed by atoms with Gasteiger partial charge >= 0.3 is 0 Å². The average Bonchev–Trinajstić information content (AvgIpc) is 2.18. The Morgan fingerprint density at radius 3 is 2.50 bits per heavy atom. The van der Waals surface area contributed by atoms with Crippen LogP contribution in [0.1, 0.15) is 5.56 Å². The minimum absolute atomic E-state index is 0. The fourth-order valence-corrected chi connectivity index (χ4v) is 2.56. The van der Waals surface area contributed by atoms with Gasteiger partial charge in [0.2, 0.25) is 10.0 Å². The Kier molecular flexibility index (Phi) is 6.94. The summed E-state index contributed by atoms with van der Waals surface area (Å²) in [6, 6.07) is 6.85. The molecule has 3 N–H and O–H groups in total. The molecule has 16 heavy (non-hydrogen) atoms. The minimum atomic E-state index is -3.33. The SMILES string of the molecule is Cl.NCCNS(=O)(=O)Cc1ccccc1Cl. The van der Waals surface area contributed by atoms with Crippen LogP contribution in [0.15, 0.2) is 24.3 Å². The number of hydrogen-bond donors (Lipinski definition) is 2. The first kappa shape index (κ1) is 15.7. The van der Waals surface area contributed by atoms with Gasteiger partial charge in [-0.25, -0.2) is 13.1 Å². The Morgan fingerprint density at radius 1 is 1.31 bits per heavy atom. The van der Waals surface area contributed by atoms with E-state index in [0.29, 0.717) is 10.6 Å². The van der Waals surface area contributed by atoms with Crippen LogP contribution in [-0.2, 0) is 15.8 Å². The molecule has 0 aromatic heterocycles. The molecule has 0 saturated carbocycles. The highest BCUT2D eigenvalue weighted by Crippen LogP contribution is 2.16. The van der Waals surface area contributed by atoms with Gasteiger partial charge in [-0.2, -0.15) is 0 Å². The van der Waals surface area contributed by atoms with Crippen LogP contribution >= 0.6 is 24.0 Å². The normalized spacial score (nSPS) is 10.9. The number of rotatable bonds is 5. The second kappa shape index (κ2) is 7.09. The van der Waals surface area contributed by atoms with Gasteiger partial charge in [-0.15, -0.1) is 12.4 Å². The minimum Gasteiger partial charge on any atom is -0.329 e. The van der Waals surface area contributed by atoms with E-state index in [9.17, 15) is 8.42 Å². The van der Waals surface area contributed by atoms with Crippen LogP contribution < -0.4 is 10.5 Å². The van der Waals surface area contributed by atoms with Crippen LogP contribution in [0.3, 0.4) is 0 Å². The third-order valence-corrected chi connectivity index (χ3v) is 3.47. The van der Waals surface area contributed by atoms with Gasteiger partial charge in [-0.1, -0.05) is 29.8 Å². The summed E-state index contributed by atoms with van der Waals surface area (Å²) in [6.45, 7) is 0.522. The number of benzene rings is 1. The van der Waals surface area contributed by atoms with Gasteiger partial charge in [0, 0.05) is 18.1 Å². The molecule has 7 heteroatoms.